The SMILES string of the molecule is C[C@H](NC(=O)c1cc2ccccc2cc1NC(=O)OC(C)(C)C)c1ccc(S(C)(=O)=O)cc1. The molecule has 0 unspecified atom stereocenters. The first kappa shape index (κ1) is 24.3. The quantitative estimate of drug-likeness (QED) is 0.544. The van der Waals surface area contributed by atoms with E-state index in [1.807, 2.05) is 24.3 Å². The number of hydrogen-bond donors (Lipinski definition) is 2. The lowest BCUT2D eigenvalue weighted by atomic mass is 10.0. The van der Waals surface area contributed by atoms with Crippen LogP contribution < -0.4 is 10.6 Å². The highest BCUT2D eigenvalue weighted by atomic mass is 32.2. The molecule has 0 aromatic heterocycles. The fourth-order valence-electron chi connectivity index (χ4n) is 3.31. The first-order valence-electron chi connectivity index (χ1n) is 10.5. The number of hydrogen-bond acceptors (Lipinski definition) is 5. The highest BCUT2D eigenvalue weighted by molar-refractivity contribution is 7.90. The topological polar surface area (TPSA) is 102 Å². The number of amides is 2. The van der Waals surface area contributed by atoms with Crippen LogP contribution in [0.1, 0.15) is 49.7 Å². The van der Waals surface area contributed by atoms with Crippen molar-refractivity contribution in [2.45, 2.75) is 44.2 Å². The summed E-state index contributed by atoms with van der Waals surface area (Å²) in [4.78, 5) is 25.8. The second-order valence-corrected chi connectivity index (χ2v) is 10.9. The molecule has 3 aromatic carbocycles. The molecule has 1 atom stereocenters. The predicted molar refractivity (Wildman–Crippen MR) is 129 cm³/mol. The van der Waals surface area contributed by atoms with Crippen molar-refractivity contribution in [3.05, 3.63) is 71.8 Å². The van der Waals surface area contributed by atoms with Crippen LogP contribution in [0, 0.1) is 0 Å². The zero-order valence-corrected chi connectivity index (χ0v) is 20.1. The predicted octanol–water partition coefficient (Wildman–Crippen LogP) is 5.08. The van der Waals surface area contributed by atoms with Crippen molar-refractivity contribution in [1.82, 2.24) is 5.32 Å². The van der Waals surface area contributed by atoms with Crippen LogP contribution in [0.2, 0.25) is 0 Å². The van der Waals surface area contributed by atoms with E-state index in [-0.39, 0.29) is 10.8 Å². The Kier molecular flexibility index (Phi) is 6.78. The maximum Gasteiger partial charge on any atom is 0.412 e. The first-order valence-corrected chi connectivity index (χ1v) is 12.4. The van der Waals surface area contributed by atoms with E-state index in [0.29, 0.717) is 11.3 Å². The molecule has 0 aliphatic heterocycles. The van der Waals surface area contributed by atoms with Gasteiger partial charge < -0.3 is 10.1 Å². The number of ether oxygens (including phenoxy) is 1. The van der Waals surface area contributed by atoms with Crippen LogP contribution in [-0.2, 0) is 14.6 Å². The Hall–Kier alpha value is -3.39. The van der Waals surface area contributed by atoms with Crippen LogP contribution in [0.5, 0.6) is 0 Å². The first-order chi connectivity index (χ1) is 15.3. The summed E-state index contributed by atoms with van der Waals surface area (Å²) in [7, 11) is -3.30. The molecule has 3 aromatic rings. The van der Waals surface area contributed by atoms with Gasteiger partial charge in [0.15, 0.2) is 9.84 Å². The van der Waals surface area contributed by atoms with E-state index in [0.717, 1.165) is 22.6 Å². The Morgan fingerprint density at radius 1 is 0.939 bits per heavy atom. The third-order valence-electron chi connectivity index (χ3n) is 4.92. The minimum atomic E-state index is -3.30. The molecule has 0 fully saturated rings. The van der Waals surface area contributed by atoms with Crippen LogP contribution in [0.15, 0.2) is 65.6 Å². The van der Waals surface area contributed by atoms with E-state index in [1.165, 1.54) is 12.1 Å². The molecule has 0 aliphatic carbocycles. The van der Waals surface area contributed by atoms with E-state index in [2.05, 4.69) is 10.6 Å². The van der Waals surface area contributed by atoms with Crippen molar-refractivity contribution in [3.63, 3.8) is 0 Å². The van der Waals surface area contributed by atoms with Gasteiger partial charge in [-0.3, -0.25) is 10.1 Å². The van der Waals surface area contributed by atoms with Gasteiger partial charge in [0.25, 0.3) is 5.91 Å². The summed E-state index contributed by atoms with van der Waals surface area (Å²) in [5, 5.41) is 7.32. The van der Waals surface area contributed by atoms with E-state index in [9.17, 15) is 18.0 Å². The number of carbonyl (C=O) groups is 2. The maximum absolute atomic E-state index is 13.2. The number of nitrogens with one attached hydrogen (secondary N) is 2. The highest BCUT2D eigenvalue weighted by Crippen LogP contribution is 2.26. The number of sulfone groups is 1. The Balaban J connectivity index is 1.89. The summed E-state index contributed by atoms with van der Waals surface area (Å²) in [5.41, 5.74) is 0.688. The van der Waals surface area contributed by atoms with Gasteiger partial charge in [-0.05, 0) is 68.3 Å². The summed E-state index contributed by atoms with van der Waals surface area (Å²) in [5.74, 6) is -0.383. The molecule has 0 saturated heterocycles. The molecule has 0 aliphatic rings. The molecule has 7 nitrogen and oxygen atoms in total. The zero-order chi connectivity index (χ0) is 24.4. The van der Waals surface area contributed by atoms with E-state index in [1.54, 1.807) is 52.0 Å². The fourth-order valence-corrected chi connectivity index (χ4v) is 3.94. The molecule has 174 valence electrons. The van der Waals surface area contributed by atoms with Gasteiger partial charge in [-0.15, -0.1) is 0 Å². The number of carbonyl (C=O) groups excluding carboxylic acids is 2. The van der Waals surface area contributed by atoms with Crippen LogP contribution >= 0.6 is 0 Å². The van der Waals surface area contributed by atoms with E-state index < -0.39 is 27.6 Å². The van der Waals surface area contributed by atoms with Gasteiger partial charge in [0.05, 0.1) is 22.2 Å². The Morgan fingerprint density at radius 2 is 1.52 bits per heavy atom. The third-order valence-corrected chi connectivity index (χ3v) is 6.05. The van der Waals surface area contributed by atoms with Gasteiger partial charge in [-0.1, -0.05) is 36.4 Å². The van der Waals surface area contributed by atoms with Gasteiger partial charge in [-0.2, -0.15) is 0 Å². The molecule has 0 heterocycles. The second kappa shape index (κ2) is 9.23. The van der Waals surface area contributed by atoms with Crippen molar-refractivity contribution >= 4 is 38.3 Å². The van der Waals surface area contributed by atoms with Gasteiger partial charge >= 0.3 is 6.09 Å². The molecule has 0 radical (unpaired) electrons. The average molecular weight is 469 g/mol. The van der Waals surface area contributed by atoms with E-state index in [4.69, 9.17) is 4.74 Å². The molecular formula is C25H28N2O5S. The average Bonchev–Trinajstić information content (AvgIpc) is 2.71. The highest BCUT2D eigenvalue weighted by Gasteiger charge is 2.21. The van der Waals surface area contributed by atoms with Crippen molar-refractivity contribution < 1.29 is 22.7 Å². The summed E-state index contributed by atoms with van der Waals surface area (Å²) >= 11 is 0. The van der Waals surface area contributed by atoms with Crippen molar-refractivity contribution in [2.75, 3.05) is 11.6 Å². The molecule has 8 heteroatoms. The van der Waals surface area contributed by atoms with Crippen molar-refractivity contribution in [3.8, 4) is 0 Å². The molecular weight excluding hydrogens is 440 g/mol. The smallest absolute Gasteiger partial charge is 0.412 e. The number of benzene rings is 3. The summed E-state index contributed by atoms with van der Waals surface area (Å²) < 4.78 is 28.7. The number of fused-ring (bicyclic) bond motifs is 1. The third kappa shape index (κ3) is 6.32. The summed E-state index contributed by atoms with van der Waals surface area (Å²) in [6, 6.07) is 16.9. The van der Waals surface area contributed by atoms with Gasteiger partial charge in [0, 0.05) is 6.26 Å². The summed E-state index contributed by atoms with van der Waals surface area (Å²) in [6.07, 6.45) is 0.489. The van der Waals surface area contributed by atoms with Crippen LogP contribution in [0.3, 0.4) is 0 Å². The molecule has 0 saturated carbocycles. The van der Waals surface area contributed by atoms with E-state index >= 15 is 0 Å². The molecule has 3 rings (SSSR count). The lowest BCUT2D eigenvalue weighted by molar-refractivity contribution is 0.0636. The molecule has 33 heavy (non-hydrogen) atoms. The van der Waals surface area contributed by atoms with Crippen molar-refractivity contribution in [1.29, 1.82) is 0 Å². The van der Waals surface area contributed by atoms with Gasteiger partial charge in [0.1, 0.15) is 5.60 Å². The molecule has 0 spiro atoms. The normalized spacial score (nSPS) is 12.8. The standard InChI is InChI=1S/C25H28N2O5S/c1-16(17-10-12-20(13-11-17)33(5,30)31)26-23(28)21-14-18-8-6-7-9-19(18)15-22(21)27-24(29)32-25(2,3)4/h6-16H,1-5H3,(H,26,28)(H,27,29)/t16-/m0/s1. The molecule has 2 amide bonds. The van der Waals surface area contributed by atoms with Crippen LogP contribution in [-0.4, -0.2) is 32.3 Å². The van der Waals surface area contributed by atoms with Crippen molar-refractivity contribution in [2.24, 2.45) is 0 Å². The van der Waals surface area contributed by atoms with Crippen LogP contribution in [0.25, 0.3) is 10.8 Å². The zero-order valence-electron chi connectivity index (χ0n) is 19.3. The monoisotopic (exact) mass is 468 g/mol. The van der Waals surface area contributed by atoms with Gasteiger partial charge in [-0.25, -0.2) is 13.2 Å². The van der Waals surface area contributed by atoms with Crippen LogP contribution in [0.4, 0.5) is 10.5 Å². The fraction of sp³-hybridized carbons (Fsp3) is 0.280. The second-order valence-electron chi connectivity index (χ2n) is 8.91. The lowest BCUT2D eigenvalue weighted by Crippen LogP contribution is -2.30. The molecule has 2 N–H and O–H groups in total. The minimum absolute atomic E-state index is 0.211. The largest absolute Gasteiger partial charge is 0.444 e. The maximum atomic E-state index is 13.2. The van der Waals surface area contributed by atoms with Gasteiger partial charge in [0.2, 0.25) is 0 Å². The number of rotatable bonds is 5. The number of anilines is 1. The molecule has 0 bridgehead atoms. The Morgan fingerprint density at radius 3 is 2.06 bits per heavy atom. The minimum Gasteiger partial charge on any atom is -0.444 e. The summed E-state index contributed by atoms with van der Waals surface area (Å²) in [6.45, 7) is 7.08. The lowest BCUT2D eigenvalue weighted by Gasteiger charge is -2.21. The Bertz CT molecular complexity index is 1290. The Labute approximate surface area is 194 Å².